The SMILES string of the molecule is COC(=O)CC(=C/C=C/N1CCOCC1)CC(=O)OC. The molecule has 0 spiro atoms. The van der Waals surface area contributed by atoms with Crippen molar-refractivity contribution in [3.05, 3.63) is 23.9 Å². The van der Waals surface area contributed by atoms with Crippen molar-refractivity contribution < 1.29 is 23.8 Å². The average molecular weight is 283 g/mol. The fourth-order valence-corrected chi connectivity index (χ4v) is 1.72. The van der Waals surface area contributed by atoms with E-state index in [1.54, 1.807) is 6.08 Å². The third kappa shape index (κ3) is 6.38. The van der Waals surface area contributed by atoms with Gasteiger partial charge in [0.15, 0.2) is 0 Å². The quantitative estimate of drug-likeness (QED) is 0.533. The van der Waals surface area contributed by atoms with Gasteiger partial charge >= 0.3 is 11.9 Å². The van der Waals surface area contributed by atoms with Crippen LogP contribution in [0.4, 0.5) is 0 Å². The van der Waals surface area contributed by atoms with Crippen LogP contribution in [0.1, 0.15) is 12.8 Å². The molecule has 0 aliphatic carbocycles. The Labute approximate surface area is 119 Å². The smallest absolute Gasteiger partial charge is 0.309 e. The Kier molecular flexibility index (Phi) is 7.42. The number of rotatable bonds is 6. The first-order valence-electron chi connectivity index (χ1n) is 6.47. The van der Waals surface area contributed by atoms with Crippen LogP contribution >= 0.6 is 0 Å². The molecule has 0 aromatic heterocycles. The van der Waals surface area contributed by atoms with Gasteiger partial charge in [0.2, 0.25) is 0 Å². The van der Waals surface area contributed by atoms with Gasteiger partial charge in [-0.3, -0.25) is 9.59 Å². The highest BCUT2D eigenvalue weighted by molar-refractivity contribution is 5.77. The minimum absolute atomic E-state index is 0.0824. The number of nitrogens with zero attached hydrogens (tertiary/aromatic N) is 1. The maximum atomic E-state index is 11.3. The maximum absolute atomic E-state index is 11.3. The molecule has 0 unspecified atom stereocenters. The lowest BCUT2D eigenvalue weighted by Crippen LogP contribution is -2.31. The number of carbonyl (C=O) groups is 2. The zero-order valence-electron chi connectivity index (χ0n) is 12.0. The number of hydrogen-bond donors (Lipinski definition) is 0. The van der Waals surface area contributed by atoms with Crippen molar-refractivity contribution >= 4 is 11.9 Å². The summed E-state index contributed by atoms with van der Waals surface area (Å²) in [5.74, 6) is -0.750. The molecule has 0 radical (unpaired) electrons. The number of morpholine rings is 1. The van der Waals surface area contributed by atoms with Crippen molar-refractivity contribution in [2.45, 2.75) is 12.8 Å². The molecular weight excluding hydrogens is 262 g/mol. The molecule has 1 heterocycles. The van der Waals surface area contributed by atoms with Crippen molar-refractivity contribution in [1.82, 2.24) is 4.90 Å². The van der Waals surface area contributed by atoms with E-state index in [1.165, 1.54) is 14.2 Å². The first kappa shape index (κ1) is 16.2. The van der Waals surface area contributed by atoms with Crippen LogP contribution in [0.5, 0.6) is 0 Å². The standard InChI is InChI=1S/C14H21NO5/c1-18-13(16)10-12(11-14(17)19-2)4-3-5-15-6-8-20-9-7-15/h3-5H,6-11H2,1-2H3/b5-3+. The van der Waals surface area contributed by atoms with Gasteiger partial charge in [-0.05, 0) is 17.8 Å². The molecule has 0 amide bonds. The summed E-state index contributed by atoms with van der Waals surface area (Å²) in [4.78, 5) is 24.7. The molecule has 0 atom stereocenters. The first-order chi connectivity index (χ1) is 9.65. The first-order valence-corrected chi connectivity index (χ1v) is 6.47. The monoisotopic (exact) mass is 283 g/mol. The third-order valence-corrected chi connectivity index (χ3v) is 2.87. The fraction of sp³-hybridized carbons (Fsp3) is 0.571. The molecule has 1 aliphatic rings. The average Bonchev–Trinajstić information content (AvgIpc) is 2.47. The zero-order chi connectivity index (χ0) is 14.8. The van der Waals surface area contributed by atoms with Crippen molar-refractivity contribution in [3.63, 3.8) is 0 Å². The van der Waals surface area contributed by atoms with Gasteiger partial charge in [0.1, 0.15) is 0 Å². The number of ether oxygens (including phenoxy) is 3. The summed E-state index contributed by atoms with van der Waals surface area (Å²) < 4.78 is 14.5. The van der Waals surface area contributed by atoms with Gasteiger partial charge in [0.25, 0.3) is 0 Å². The Morgan fingerprint density at radius 2 is 1.65 bits per heavy atom. The van der Waals surface area contributed by atoms with E-state index < -0.39 is 0 Å². The van der Waals surface area contributed by atoms with Crippen LogP contribution in [0, 0.1) is 0 Å². The van der Waals surface area contributed by atoms with Gasteiger partial charge < -0.3 is 19.1 Å². The highest BCUT2D eigenvalue weighted by Gasteiger charge is 2.10. The third-order valence-electron chi connectivity index (χ3n) is 2.87. The van der Waals surface area contributed by atoms with Crippen molar-refractivity contribution in [2.24, 2.45) is 0 Å². The predicted molar refractivity (Wildman–Crippen MR) is 72.9 cm³/mol. The van der Waals surface area contributed by atoms with Crippen LogP contribution in [-0.4, -0.2) is 57.4 Å². The van der Waals surface area contributed by atoms with Crippen LogP contribution in [-0.2, 0) is 23.8 Å². The van der Waals surface area contributed by atoms with Crippen LogP contribution in [0.25, 0.3) is 0 Å². The lowest BCUT2D eigenvalue weighted by atomic mass is 10.1. The summed E-state index contributed by atoms with van der Waals surface area (Å²) in [6.45, 7) is 3.11. The Hall–Kier alpha value is -1.82. The predicted octanol–water partition coefficient (Wildman–Crippen LogP) is 0.885. The molecule has 1 aliphatic heterocycles. The highest BCUT2D eigenvalue weighted by Crippen LogP contribution is 2.10. The molecule has 1 rings (SSSR count). The second-order valence-corrected chi connectivity index (χ2v) is 4.32. The molecule has 1 saturated heterocycles. The van der Waals surface area contributed by atoms with Crippen molar-refractivity contribution in [1.29, 1.82) is 0 Å². The molecular formula is C14H21NO5. The topological polar surface area (TPSA) is 65.1 Å². The van der Waals surface area contributed by atoms with Gasteiger partial charge in [0.05, 0.1) is 40.3 Å². The Morgan fingerprint density at radius 3 is 2.15 bits per heavy atom. The van der Waals surface area contributed by atoms with E-state index in [1.807, 2.05) is 12.3 Å². The van der Waals surface area contributed by atoms with Crippen LogP contribution < -0.4 is 0 Å². The summed E-state index contributed by atoms with van der Waals surface area (Å²) >= 11 is 0. The van der Waals surface area contributed by atoms with Crippen molar-refractivity contribution in [3.8, 4) is 0 Å². The minimum atomic E-state index is -0.375. The van der Waals surface area contributed by atoms with E-state index in [-0.39, 0.29) is 24.8 Å². The van der Waals surface area contributed by atoms with E-state index >= 15 is 0 Å². The number of esters is 2. The molecule has 0 aromatic rings. The summed E-state index contributed by atoms with van der Waals surface area (Å²) in [6, 6.07) is 0. The van der Waals surface area contributed by atoms with Gasteiger partial charge in [0, 0.05) is 13.1 Å². The maximum Gasteiger partial charge on any atom is 0.309 e. The molecule has 6 nitrogen and oxygen atoms in total. The molecule has 0 aromatic carbocycles. The van der Waals surface area contributed by atoms with Gasteiger partial charge in [-0.1, -0.05) is 6.08 Å². The molecule has 0 N–H and O–H groups in total. The van der Waals surface area contributed by atoms with E-state index in [0.29, 0.717) is 18.8 Å². The van der Waals surface area contributed by atoms with E-state index in [9.17, 15) is 9.59 Å². The fourth-order valence-electron chi connectivity index (χ4n) is 1.72. The number of allylic oxidation sites excluding steroid dienone is 2. The normalized spacial score (nSPS) is 15.0. The molecule has 0 saturated carbocycles. The summed E-state index contributed by atoms with van der Waals surface area (Å²) in [7, 11) is 2.64. The Bertz CT molecular complexity index is 363. The number of carbonyl (C=O) groups excluding carboxylic acids is 2. The van der Waals surface area contributed by atoms with Crippen molar-refractivity contribution in [2.75, 3.05) is 40.5 Å². The van der Waals surface area contributed by atoms with Gasteiger partial charge in [-0.2, -0.15) is 0 Å². The lowest BCUT2D eigenvalue weighted by molar-refractivity contribution is -0.140. The Balaban J connectivity index is 2.59. The van der Waals surface area contributed by atoms with Crippen LogP contribution in [0.15, 0.2) is 23.9 Å². The molecule has 112 valence electrons. The molecule has 20 heavy (non-hydrogen) atoms. The second kappa shape index (κ2) is 9.14. The molecule has 1 fully saturated rings. The minimum Gasteiger partial charge on any atom is -0.469 e. The van der Waals surface area contributed by atoms with E-state index in [2.05, 4.69) is 14.4 Å². The van der Waals surface area contributed by atoms with E-state index in [0.717, 1.165) is 13.1 Å². The molecule has 6 heteroatoms. The number of hydrogen-bond acceptors (Lipinski definition) is 6. The van der Waals surface area contributed by atoms with E-state index in [4.69, 9.17) is 4.74 Å². The van der Waals surface area contributed by atoms with Gasteiger partial charge in [-0.15, -0.1) is 0 Å². The summed E-state index contributed by atoms with van der Waals surface area (Å²) in [5, 5.41) is 0. The molecule has 0 bridgehead atoms. The second-order valence-electron chi connectivity index (χ2n) is 4.32. The Morgan fingerprint density at radius 1 is 1.10 bits per heavy atom. The zero-order valence-corrected chi connectivity index (χ0v) is 12.0. The summed E-state index contributed by atoms with van der Waals surface area (Å²) in [6.07, 6.45) is 5.67. The highest BCUT2D eigenvalue weighted by atomic mass is 16.5. The largest absolute Gasteiger partial charge is 0.469 e. The van der Waals surface area contributed by atoms with Crippen LogP contribution in [0.2, 0.25) is 0 Å². The number of methoxy groups -OCH3 is 2. The summed E-state index contributed by atoms with van der Waals surface area (Å²) in [5.41, 5.74) is 0.660. The lowest BCUT2D eigenvalue weighted by Gasteiger charge is -2.24. The van der Waals surface area contributed by atoms with Crippen LogP contribution in [0.3, 0.4) is 0 Å². The van der Waals surface area contributed by atoms with Gasteiger partial charge in [-0.25, -0.2) is 0 Å².